The van der Waals surface area contributed by atoms with E-state index in [1.165, 1.54) is 106 Å². The molecule has 0 amide bonds. The first-order chi connectivity index (χ1) is 24.8. The summed E-state index contributed by atoms with van der Waals surface area (Å²) in [6.45, 7) is 0. The molecular formula is C48H28S2. The molecule has 232 valence electrons. The van der Waals surface area contributed by atoms with Gasteiger partial charge in [0.05, 0.1) is 0 Å². The molecule has 2 heterocycles. The van der Waals surface area contributed by atoms with Crippen LogP contribution in [0.4, 0.5) is 0 Å². The molecule has 0 fully saturated rings. The van der Waals surface area contributed by atoms with Crippen molar-refractivity contribution in [3.05, 3.63) is 170 Å². The maximum atomic E-state index is 2.47. The van der Waals surface area contributed by atoms with Gasteiger partial charge in [0.15, 0.2) is 0 Å². The molecule has 0 saturated heterocycles. The summed E-state index contributed by atoms with van der Waals surface area (Å²) in [4.78, 5) is 0. The highest BCUT2D eigenvalue weighted by molar-refractivity contribution is 7.29. The zero-order chi connectivity index (χ0) is 32.8. The number of rotatable bonds is 3. The lowest BCUT2D eigenvalue weighted by molar-refractivity contribution is 1.65. The first-order valence-corrected chi connectivity index (χ1v) is 18.7. The zero-order valence-corrected chi connectivity index (χ0v) is 28.6. The molecule has 0 atom stereocenters. The third-order valence-electron chi connectivity index (χ3n) is 10.4. The normalized spacial score (nSPS) is 12.0. The Hall–Kier alpha value is -5.80. The molecule has 0 aliphatic heterocycles. The van der Waals surface area contributed by atoms with Crippen LogP contribution in [0.25, 0.3) is 106 Å². The zero-order valence-electron chi connectivity index (χ0n) is 27.0. The molecule has 0 saturated carbocycles. The van der Waals surface area contributed by atoms with Gasteiger partial charge in [0.1, 0.15) is 0 Å². The summed E-state index contributed by atoms with van der Waals surface area (Å²) in [6, 6.07) is 62.9. The van der Waals surface area contributed by atoms with E-state index in [-0.39, 0.29) is 0 Å². The quantitative estimate of drug-likeness (QED) is 0.164. The maximum absolute atomic E-state index is 2.47. The SMILES string of the molecule is c1ccc(-c2c3ccccc3c(-c3ccc(-c4c5sc6ccccc6c5cc5c4sc4ccc6ccccc6c45)cc3)c3ccccc23)cc1. The van der Waals surface area contributed by atoms with Crippen molar-refractivity contribution in [2.24, 2.45) is 0 Å². The van der Waals surface area contributed by atoms with Crippen LogP contribution in [0.15, 0.2) is 170 Å². The van der Waals surface area contributed by atoms with E-state index in [4.69, 9.17) is 0 Å². The van der Waals surface area contributed by atoms with Gasteiger partial charge in [-0.15, -0.1) is 22.7 Å². The Bertz CT molecular complexity index is 3070. The smallest absolute Gasteiger partial charge is 0.0448 e. The van der Waals surface area contributed by atoms with Crippen molar-refractivity contribution in [3.63, 3.8) is 0 Å². The van der Waals surface area contributed by atoms with E-state index in [9.17, 15) is 0 Å². The predicted octanol–water partition coefficient (Wildman–Crippen LogP) is 14.9. The fourth-order valence-electron chi connectivity index (χ4n) is 8.28. The fourth-order valence-corrected chi connectivity index (χ4v) is 10.9. The molecule has 0 unspecified atom stereocenters. The number of fused-ring (bicyclic) bond motifs is 10. The Morgan fingerprint density at radius 3 is 1.42 bits per heavy atom. The van der Waals surface area contributed by atoms with E-state index in [1.54, 1.807) is 0 Å². The molecule has 2 aromatic heterocycles. The van der Waals surface area contributed by atoms with Crippen molar-refractivity contribution in [2.75, 3.05) is 0 Å². The molecule has 0 spiro atoms. The molecular weight excluding hydrogens is 641 g/mol. The fraction of sp³-hybridized carbons (Fsp3) is 0. The lowest BCUT2D eigenvalue weighted by Gasteiger charge is -2.18. The number of hydrogen-bond acceptors (Lipinski definition) is 2. The van der Waals surface area contributed by atoms with Crippen molar-refractivity contribution >= 4 is 95.3 Å². The van der Waals surface area contributed by atoms with Gasteiger partial charge in [-0.2, -0.15) is 0 Å². The molecule has 0 N–H and O–H groups in total. The van der Waals surface area contributed by atoms with Gasteiger partial charge in [0, 0.05) is 45.9 Å². The summed E-state index contributed by atoms with van der Waals surface area (Å²) in [6.07, 6.45) is 0. The van der Waals surface area contributed by atoms with Crippen LogP contribution in [0.3, 0.4) is 0 Å². The summed E-state index contributed by atoms with van der Waals surface area (Å²) in [7, 11) is 0. The van der Waals surface area contributed by atoms with Crippen LogP contribution in [-0.2, 0) is 0 Å². The van der Waals surface area contributed by atoms with E-state index in [1.807, 2.05) is 22.7 Å². The van der Waals surface area contributed by atoms with Gasteiger partial charge in [0.2, 0.25) is 0 Å². The molecule has 0 aliphatic rings. The molecule has 50 heavy (non-hydrogen) atoms. The maximum Gasteiger partial charge on any atom is 0.0448 e. The van der Waals surface area contributed by atoms with Gasteiger partial charge >= 0.3 is 0 Å². The minimum Gasteiger partial charge on any atom is -0.134 e. The number of hydrogen-bond donors (Lipinski definition) is 0. The largest absolute Gasteiger partial charge is 0.134 e. The second kappa shape index (κ2) is 10.9. The summed E-state index contributed by atoms with van der Waals surface area (Å²) < 4.78 is 5.41. The summed E-state index contributed by atoms with van der Waals surface area (Å²) in [5.41, 5.74) is 7.70. The van der Waals surface area contributed by atoms with Gasteiger partial charge in [-0.25, -0.2) is 0 Å². The van der Waals surface area contributed by atoms with Crippen molar-refractivity contribution in [1.29, 1.82) is 0 Å². The van der Waals surface area contributed by atoms with E-state index in [0.717, 1.165) is 0 Å². The van der Waals surface area contributed by atoms with Gasteiger partial charge in [0.25, 0.3) is 0 Å². The molecule has 0 bridgehead atoms. The van der Waals surface area contributed by atoms with E-state index in [0.29, 0.717) is 0 Å². The van der Waals surface area contributed by atoms with Crippen LogP contribution < -0.4 is 0 Å². The van der Waals surface area contributed by atoms with Crippen molar-refractivity contribution in [3.8, 4) is 33.4 Å². The lowest BCUT2D eigenvalue weighted by atomic mass is 9.85. The van der Waals surface area contributed by atoms with Crippen LogP contribution in [-0.4, -0.2) is 0 Å². The van der Waals surface area contributed by atoms with Crippen LogP contribution in [0.2, 0.25) is 0 Å². The van der Waals surface area contributed by atoms with Gasteiger partial charge in [-0.1, -0.05) is 152 Å². The number of benzene rings is 9. The summed E-state index contributed by atoms with van der Waals surface area (Å²) in [5.74, 6) is 0. The molecule has 11 rings (SSSR count). The Labute approximate surface area is 297 Å². The van der Waals surface area contributed by atoms with Crippen LogP contribution in [0, 0.1) is 0 Å². The first-order valence-electron chi connectivity index (χ1n) is 17.1. The van der Waals surface area contributed by atoms with Crippen LogP contribution in [0.5, 0.6) is 0 Å². The van der Waals surface area contributed by atoms with Gasteiger partial charge < -0.3 is 0 Å². The Kier molecular flexibility index (Phi) is 6.09. The molecule has 2 heteroatoms. The minimum atomic E-state index is 1.24. The topological polar surface area (TPSA) is 0 Å². The van der Waals surface area contributed by atoms with E-state index in [2.05, 4.69) is 170 Å². The molecule has 0 nitrogen and oxygen atoms in total. The highest BCUT2D eigenvalue weighted by Crippen LogP contribution is 2.50. The predicted molar refractivity (Wildman–Crippen MR) is 221 cm³/mol. The van der Waals surface area contributed by atoms with Crippen molar-refractivity contribution in [2.45, 2.75) is 0 Å². The summed E-state index contributed by atoms with van der Waals surface area (Å²) >= 11 is 3.86. The Balaban J connectivity index is 1.19. The van der Waals surface area contributed by atoms with Crippen molar-refractivity contribution < 1.29 is 0 Å². The summed E-state index contributed by atoms with van der Waals surface area (Å²) in [5, 5.41) is 13.2. The standard InChI is InChI=1S/C48H28S2/c1-2-13-30(14-3-1)43-35-17-6-8-19-37(35)44(38-20-9-7-18-36(38)43)31-22-24-32(25-23-31)45-47-39(34-16-10-11-21-41(34)49-47)28-40-46-33-15-5-4-12-29(33)26-27-42(46)50-48(40)45/h1-28H. The Morgan fingerprint density at radius 2 is 0.760 bits per heavy atom. The monoisotopic (exact) mass is 668 g/mol. The van der Waals surface area contributed by atoms with Gasteiger partial charge in [-0.3, -0.25) is 0 Å². The lowest BCUT2D eigenvalue weighted by Crippen LogP contribution is -1.90. The molecule has 11 aromatic rings. The highest BCUT2D eigenvalue weighted by Gasteiger charge is 2.21. The van der Waals surface area contributed by atoms with Crippen LogP contribution >= 0.6 is 22.7 Å². The van der Waals surface area contributed by atoms with Gasteiger partial charge in [-0.05, 0) is 78.3 Å². The molecule has 0 aliphatic carbocycles. The number of thiophene rings is 2. The third-order valence-corrected chi connectivity index (χ3v) is 12.8. The second-order valence-electron chi connectivity index (χ2n) is 13.1. The van der Waals surface area contributed by atoms with Crippen LogP contribution in [0.1, 0.15) is 0 Å². The Morgan fingerprint density at radius 1 is 0.280 bits per heavy atom. The molecule has 0 radical (unpaired) electrons. The minimum absolute atomic E-state index is 1.24. The first kappa shape index (κ1) is 28.1. The van der Waals surface area contributed by atoms with E-state index >= 15 is 0 Å². The molecule has 9 aromatic carbocycles. The van der Waals surface area contributed by atoms with E-state index < -0.39 is 0 Å². The average Bonchev–Trinajstić information content (AvgIpc) is 3.75. The van der Waals surface area contributed by atoms with Crippen molar-refractivity contribution in [1.82, 2.24) is 0 Å². The average molecular weight is 669 g/mol. The third kappa shape index (κ3) is 4.04. The second-order valence-corrected chi connectivity index (χ2v) is 15.3. The highest BCUT2D eigenvalue weighted by atomic mass is 32.1.